The first-order valence-electron chi connectivity index (χ1n) is 10.0. The predicted molar refractivity (Wildman–Crippen MR) is 113 cm³/mol. The largest absolute Gasteiger partial charge is 0.481 e. The molecular weight excluding hydrogens is 386 g/mol. The molecule has 0 atom stereocenters. The second kappa shape index (κ2) is 8.90. The third-order valence-electron chi connectivity index (χ3n) is 4.22. The quantitative estimate of drug-likeness (QED) is 0.687. The molecule has 0 aliphatic heterocycles. The molecule has 0 spiro atoms. The third kappa shape index (κ3) is 6.61. The summed E-state index contributed by atoms with van der Waals surface area (Å²) in [5.41, 5.74) is 0.778. The SMILES string of the molecule is CC(C)(C)OC(=O)Cc1c(CCC(=O)O)c2ccccc2n1CC(=O)OC(C)(C)C. The van der Waals surface area contributed by atoms with E-state index in [-0.39, 0.29) is 25.8 Å². The maximum absolute atomic E-state index is 12.6. The van der Waals surface area contributed by atoms with E-state index in [9.17, 15) is 19.5 Å². The number of ether oxygens (including phenoxy) is 2. The molecule has 0 unspecified atom stereocenters. The molecule has 1 aromatic heterocycles. The fourth-order valence-electron chi connectivity index (χ4n) is 3.34. The lowest BCUT2D eigenvalue weighted by molar-refractivity contribution is -0.157. The van der Waals surface area contributed by atoms with Gasteiger partial charge < -0.3 is 19.1 Å². The van der Waals surface area contributed by atoms with Crippen molar-refractivity contribution >= 4 is 28.8 Å². The third-order valence-corrected chi connectivity index (χ3v) is 4.22. The van der Waals surface area contributed by atoms with Crippen LogP contribution in [0.25, 0.3) is 10.9 Å². The standard InChI is InChI=1S/C23H31NO6/c1-22(2,3)29-20(27)13-18-16(11-12-19(25)26)15-9-7-8-10-17(15)24(18)14-21(28)30-23(4,5)6/h7-10H,11-14H2,1-6H3,(H,25,26). The van der Waals surface area contributed by atoms with Gasteiger partial charge in [0.1, 0.15) is 17.7 Å². The normalized spacial score (nSPS) is 12.1. The first-order valence-corrected chi connectivity index (χ1v) is 10.0. The summed E-state index contributed by atoms with van der Waals surface area (Å²) in [6.45, 7) is 10.6. The van der Waals surface area contributed by atoms with Crippen molar-refractivity contribution in [3.8, 4) is 0 Å². The van der Waals surface area contributed by atoms with Gasteiger partial charge in [-0.25, -0.2) is 0 Å². The summed E-state index contributed by atoms with van der Waals surface area (Å²) in [5.74, 6) is -1.80. The van der Waals surface area contributed by atoms with E-state index in [0.717, 1.165) is 16.5 Å². The Morgan fingerprint density at radius 1 is 0.933 bits per heavy atom. The highest BCUT2D eigenvalue weighted by atomic mass is 16.6. The van der Waals surface area contributed by atoms with Crippen LogP contribution in [0.1, 0.15) is 59.2 Å². The van der Waals surface area contributed by atoms with E-state index >= 15 is 0 Å². The summed E-state index contributed by atoms with van der Waals surface area (Å²) in [7, 11) is 0. The smallest absolute Gasteiger partial charge is 0.326 e. The van der Waals surface area contributed by atoms with Gasteiger partial charge in [-0.2, -0.15) is 0 Å². The Hall–Kier alpha value is -2.83. The van der Waals surface area contributed by atoms with Crippen molar-refractivity contribution in [2.24, 2.45) is 0 Å². The van der Waals surface area contributed by atoms with Crippen molar-refractivity contribution in [3.63, 3.8) is 0 Å². The van der Waals surface area contributed by atoms with Crippen molar-refractivity contribution in [1.29, 1.82) is 0 Å². The Morgan fingerprint density at radius 2 is 1.50 bits per heavy atom. The number of carbonyl (C=O) groups is 3. The number of aryl methyl sites for hydroxylation is 1. The Bertz CT molecular complexity index is 943. The minimum atomic E-state index is -0.929. The van der Waals surface area contributed by atoms with Crippen molar-refractivity contribution in [1.82, 2.24) is 4.57 Å². The first kappa shape index (κ1) is 23.4. The molecule has 0 fully saturated rings. The number of carboxylic acid groups (broad SMARTS) is 1. The van der Waals surface area contributed by atoms with E-state index in [1.807, 2.05) is 24.3 Å². The number of carboxylic acids is 1. The average molecular weight is 418 g/mol. The van der Waals surface area contributed by atoms with E-state index in [0.29, 0.717) is 5.69 Å². The van der Waals surface area contributed by atoms with Gasteiger partial charge in [0.15, 0.2) is 0 Å². The number of esters is 2. The number of fused-ring (bicyclic) bond motifs is 1. The van der Waals surface area contributed by atoms with Crippen LogP contribution in [0.5, 0.6) is 0 Å². The van der Waals surface area contributed by atoms with Crippen LogP contribution in [0.4, 0.5) is 0 Å². The number of hydrogen-bond donors (Lipinski definition) is 1. The summed E-state index contributed by atoms with van der Waals surface area (Å²) in [6, 6.07) is 7.41. The van der Waals surface area contributed by atoms with Gasteiger partial charge >= 0.3 is 17.9 Å². The maximum atomic E-state index is 12.6. The summed E-state index contributed by atoms with van der Waals surface area (Å²) in [4.78, 5) is 36.4. The Morgan fingerprint density at radius 3 is 2.07 bits per heavy atom. The van der Waals surface area contributed by atoms with Crippen LogP contribution >= 0.6 is 0 Å². The molecule has 2 aromatic rings. The maximum Gasteiger partial charge on any atom is 0.326 e. The van der Waals surface area contributed by atoms with Crippen LogP contribution < -0.4 is 0 Å². The highest BCUT2D eigenvalue weighted by molar-refractivity contribution is 5.89. The summed E-state index contributed by atoms with van der Waals surface area (Å²) in [5, 5.41) is 10.0. The van der Waals surface area contributed by atoms with E-state index in [1.165, 1.54) is 0 Å². The molecule has 1 heterocycles. The molecule has 30 heavy (non-hydrogen) atoms. The Kier molecular flexibility index (Phi) is 6.95. The molecule has 0 aliphatic carbocycles. The van der Waals surface area contributed by atoms with Crippen LogP contribution in [0.15, 0.2) is 24.3 Å². The summed E-state index contributed by atoms with van der Waals surface area (Å²) in [6.07, 6.45) is 0.0980. The predicted octanol–water partition coefficient (Wildman–Crippen LogP) is 3.88. The van der Waals surface area contributed by atoms with Crippen LogP contribution in [0, 0.1) is 0 Å². The molecule has 7 nitrogen and oxygen atoms in total. The molecule has 0 amide bonds. The van der Waals surface area contributed by atoms with Gasteiger partial charge in [0.25, 0.3) is 0 Å². The van der Waals surface area contributed by atoms with E-state index in [4.69, 9.17) is 9.47 Å². The van der Waals surface area contributed by atoms with E-state index in [1.54, 1.807) is 46.1 Å². The van der Waals surface area contributed by atoms with Gasteiger partial charge in [0.2, 0.25) is 0 Å². The highest BCUT2D eigenvalue weighted by Crippen LogP contribution is 2.29. The highest BCUT2D eigenvalue weighted by Gasteiger charge is 2.25. The molecule has 0 bridgehead atoms. The van der Waals surface area contributed by atoms with Crippen LogP contribution in [0.2, 0.25) is 0 Å². The van der Waals surface area contributed by atoms with Crippen LogP contribution in [-0.4, -0.2) is 38.8 Å². The second-order valence-corrected chi connectivity index (χ2v) is 9.27. The number of hydrogen-bond acceptors (Lipinski definition) is 5. The number of benzene rings is 1. The number of nitrogens with zero attached hydrogens (tertiary/aromatic N) is 1. The molecule has 0 saturated carbocycles. The number of aromatic nitrogens is 1. The fourth-order valence-corrected chi connectivity index (χ4v) is 3.34. The van der Waals surface area contributed by atoms with Gasteiger partial charge in [-0.3, -0.25) is 14.4 Å². The van der Waals surface area contributed by atoms with Crippen molar-refractivity contribution in [3.05, 3.63) is 35.5 Å². The molecule has 1 aromatic carbocycles. The van der Waals surface area contributed by atoms with Gasteiger partial charge in [0, 0.05) is 23.0 Å². The topological polar surface area (TPSA) is 94.8 Å². The first-order chi connectivity index (χ1) is 13.8. The molecule has 7 heteroatoms. The minimum absolute atomic E-state index is 0.0658. The summed E-state index contributed by atoms with van der Waals surface area (Å²) < 4.78 is 12.7. The van der Waals surface area contributed by atoms with E-state index in [2.05, 4.69) is 0 Å². The zero-order chi connectivity index (χ0) is 22.7. The average Bonchev–Trinajstić information content (AvgIpc) is 2.82. The lowest BCUT2D eigenvalue weighted by Crippen LogP contribution is -2.28. The van der Waals surface area contributed by atoms with Crippen molar-refractivity contribution in [2.45, 2.75) is 78.6 Å². The van der Waals surface area contributed by atoms with Gasteiger partial charge in [0.05, 0.1) is 6.42 Å². The minimum Gasteiger partial charge on any atom is -0.481 e. The zero-order valence-electron chi connectivity index (χ0n) is 18.6. The summed E-state index contributed by atoms with van der Waals surface area (Å²) >= 11 is 0. The zero-order valence-corrected chi connectivity index (χ0v) is 18.6. The van der Waals surface area contributed by atoms with Crippen molar-refractivity contribution in [2.75, 3.05) is 0 Å². The second-order valence-electron chi connectivity index (χ2n) is 9.27. The number of rotatable bonds is 7. The lowest BCUT2D eigenvalue weighted by atomic mass is 10.0. The molecule has 0 saturated heterocycles. The Balaban J connectivity index is 2.53. The van der Waals surface area contributed by atoms with Gasteiger partial charge in [-0.05, 0) is 59.6 Å². The molecule has 2 rings (SSSR count). The molecular formula is C23H31NO6. The number of aliphatic carboxylic acids is 1. The molecule has 0 radical (unpaired) electrons. The van der Waals surface area contributed by atoms with Gasteiger partial charge in [-0.15, -0.1) is 0 Å². The molecule has 164 valence electrons. The Labute approximate surface area is 177 Å². The monoisotopic (exact) mass is 417 g/mol. The van der Waals surface area contributed by atoms with Crippen LogP contribution in [0.3, 0.4) is 0 Å². The fraction of sp³-hybridized carbons (Fsp3) is 0.522. The van der Waals surface area contributed by atoms with E-state index < -0.39 is 29.1 Å². The van der Waals surface area contributed by atoms with Gasteiger partial charge in [-0.1, -0.05) is 18.2 Å². The number of para-hydroxylation sites is 1. The molecule has 1 N–H and O–H groups in total. The van der Waals surface area contributed by atoms with Crippen molar-refractivity contribution < 1.29 is 29.0 Å². The van der Waals surface area contributed by atoms with Crippen LogP contribution in [-0.2, 0) is 43.2 Å². The lowest BCUT2D eigenvalue weighted by Gasteiger charge is -2.22. The molecule has 0 aliphatic rings. The number of carbonyl (C=O) groups excluding carboxylic acids is 2.